The first-order valence-electron chi connectivity index (χ1n) is 4.21. The van der Waals surface area contributed by atoms with Gasteiger partial charge in [0.05, 0.1) is 5.52 Å². The molecule has 0 saturated heterocycles. The number of fused-ring (bicyclic) bond motifs is 1. The first-order chi connectivity index (χ1) is 6.74. The van der Waals surface area contributed by atoms with Crippen LogP contribution < -0.4 is 5.48 Å². The Kier molecular flexibility index (Phi) is 2.41. The van der Waals surface area contributed by atoms with Crippen molar-refractivity contribution in [3.8, 4) is 0 Å². The maximum absolute atomic E-state index is 8.66. The van der Waals surface area contributed by atoms with Gasteiger partial charge in [-0.15, -0.1) is 0 Å². The van der Waals surface area contributed by atoms with Crippen molar-refractivity contribution in [3.05, 3.63) is 28.9 Å². The smallest absolute Gasteiger partial charge is 0.159 e. The molecule has 0 unspecified atom stereocenters. The van der Waals surface area contributed by atoms with Crippen LogP contribution >= 0.6 is 11.6 Å². The monoisotopic (exact) mass is 211 g/mol. The van der Waals surface area contributed by atoms with E-state index < -0.39 is 0 Å². The molecule has 0 radical (unpaired) electrons. The molecule has 1 heterocycles. The lowest BCUT2D eigenvalue weighted by atomic mass is 10.1. The Bertz CT molecular complexity index is 466. The molecule has 1 aromatic carbocycles. The van der Waals surface area contributed by atoms with Crippen LogP contribution in [-0.4, -0.2) is 15.0 Å². The lowest BCUT2D eigenvalue weighted by Gasteiger charge is -2.01. The summed E-state index contributed by atoms with van der Waals surface area (Å²) in [7, 11) is 1.84. The Morgan fingerprint density at radius 1 is 1.57 bits per heavy atom. The summed E-state index contributed by atoms with van der Waals surface area (Å²) in [5.74, 6) is 0. The molecule has 1 aromatic heterocycles. The zero-order chi connectivity index (χ0) is 10.1. The molecule has 14 heavy (non-hydrogen) atoms. The number of nitrogens with one attached hydrogen (secondary N) is 1. The standard InChI is InChI=1S/C9H10ClN3O/c1-13-7-4-2-3-6(5-11-14)8(7)9(10)12-13/h2-4,11,14H,5H2,1H3. The first-order valence-corrected chi connectivity index (χ1v) is 4.59. The topological polar surface area (TPSA) is 50.1 Å². The first kappa shape index (κ1) is 9.45. The number of hydrogen-bond acceptors (Lipinski definition) is 3. The normalized spacial score (nSPS) is 11.1. The van der Waals surface area contributed by atoms with Crippen LogP contribution in [0.5, 0.6) is 0 Å². The molecule has 5 heteroatoms. The maximum atomic E-state index is 8.66. The van der Waals surface area contributed by atoms with Crippen molar-refractivity contribution < 1.29 is 5.21 Å². The van der Waals surface area contributed by atoms with Crippen LogP contribution in [0.3, 0.4) is 0 Å². The van der Waals surface area contributed by atoms with Gasteiger partial charge in [0.1, 0.15) is 0 Å². The van der Waals surface area contributed by atoms with Crippen molar-refractivity contribution >= 4 is 22.5 Å². The number of aryl methyl sites for hydroxylation is 1. The molecule has 2 N–H and O–H groups in total. The van der Waals surface area contributed by atoms with Crippen molar-refractivity contribution in [1.82, 2.24) is 15.3 Å². The van der Waals surface area contributed by atoms with Gasteiger partial charge in [0.2, 0.25) is 0 Å². The molecule has 0 aliphatic carbocycles. The van der Waals surface area contributed by atoms with Gasteiger partial charge in [0, 0.05) is 19.0 Å². The molecule has 2 aromatic rings. The van der Waals surface area contributed by atoms with Crippen LogP contribution in [0.25, 0.3) is 10.9 Å². The Morgan fingerprint density at radius 3 is 3.07 bits per heavy atom. The fraction of sp³-hybridized carbons (Fsp3) is 0.222. The van der Waals surface area contributed by atoms with Crippen molar-refractivity contribution in [2.24, 2.45) is 7.05 Å². The molecule has 0 aliphatic heterocycles. The predicted octanol–water partition coefficient (Wildman–Crippen LogP) is 1.71. The molecule has 0 fully saturated rings. The maximum Gasteiger partial charge on any atom is 0.159 e. The fourth-order valence-corrected chi connectivity index (χ4v) is 1.89. The second kappa shape index (κ2) is 3.57. The molecule has 0 amide bonds. The van der Waals surface area contributed by atoms with Crippen LogP contribution in [0.4, 0.5) is 0 Å². The van der Waals surface area contributed by atoms with Crippen molar-refractivity contribution in [3.63, 3.8) is 0 Å². The molecule has 0 spiro atoms. The molecule has 0 aliphatic rings. The zero-order valence-corrected chi connectivity index (χ0v) is 8.41. The Morgan fingerprint density at radius 2 is 2.36 bits per heavy atom. The summed E-state index contributed by atoms with van der Waals surface area (Å²) in [6.07, 6.45) is 0. The van der Waals surface area contributed by atoms with Gasteiger partial charge in [-0.3, -0.25) is 4.68 Å². The predicted molar refractivity (Wildman–Crippen MR) is 54.4 cm³/mol. The summed E-state index contributed by atoms with van der Waals surface area (Å²) < 4.78 is 1.72. The summed E-state index contributed by atoms with van der Waals surface area (Å²) in [6, 6.07) is 5.75. The SMILES string of the molecule is Cn1nc(Cl)c2c(CNO)cccc21. The second-order valence-corrected chi connectivity index (χ2v) is 3.42. The number of halogens is 1. The minimum Gasteiger partial charge on any atom is -0.316 e. The van der Waals surface area contributed by atoms with Gasteiger partial charge in [0.15, 0.2) is 5.15 Å². The van der Waals surface area contributed by atoms with Gasteiger partial charge in [0.25, 0.3) is 0 Å². The van der Waals surface area contributed by atoms with E-state index in [9.17, 15) is 0 Å². The third-order valence-corrected chi connectivity index (χ3v) is 2.46. The average Bonchev–Trinajstić information content (AvgIpc) is 2.44. The minimum atomic E-state index is 0.364. The van der Waals surface area contributed by atoms with Gasteiger partial charge < -0.3 is 5.21 Å². The van der Waals surface area contributed by atoms with E-state index in [4.69, 9.17) is 16.8 Å². The van der Waals surface area contributed by atoms with E-state index in [0.717, 1.165) is 16.5 Å². The Hall–Kier alpha value is -1.10. The molecule has 0 atom stereocenters. The Balaban J connectivity index is 2.72. The fourth-order valence-electron chi connectivity index (χ4n) is 1.56. The third kappa shape index (κ3) is 1.37. The lowest BCUT2D eigenvalue weighted by molar-refractivity contribution is 0.161. The quantitative estimate of drug-likeness (QED) is 0.744. The molecule has 74 valence electrons. The van der Waals surface area contributed by atoms with Crippen molar-refractivity contribution in [2.45, 2.75) is 6.54 Å². The lowest BCUT2D eigenvalue weighted by Crippen LogP contribution is -2.06. The van der Waals surface area contributed by atoms with E-state index in [1.807, 2.05) is 25.2 Å². The van der Waals surface area contributed by atoms with Gasteiger partial charge in [-0.1, -0.05) is 23.7 Å². The van der Waals surface area contributed by atoms with E-state index in [2.05, 4.69) is 10.6 Å². The van der Waals surface area contributed by atoms with Crippen molar-refractivity contribution in [2.75, 3.05) is 0 Å². The number of hydroxylamine groups is 1. The van der Waals surface area contributed by atoms with Crippen LogP contribution in [0.2, 0.25) is 5.15 Å². The number of aromatic nitrogens is 2. The number of benzene rings is 1. The highest BCUT2D eigenvalue weighted by molar-refractivity contribution is 6.34. The summed E-state index contributed by atoms with van der Waals surface area (Å²) >= 11 is 5.98. The summed E-state index contributed by atoms with van der Waals surface area (Å²) in [4.78, 5) is 0. The van der Waals surface area contributed by atoms with Crippen LogP contribution in [0.15, 0.2) is 18.2 Å². The van der Waals surface area contributed by atoms with Crippen LogP contribution in [-0.2, 0) is 13.6 Å². The highest BCUT2D eigenvalue weighted by atomic mass is 35.5. The largest absolute Gasteiger partial charge is 0.316 e. The van der Waals surface area contributed by atoms with E-state index in [-0.39, 0.29) is 0 Å². The van der Waals surface area contributed by atoms with E-state index in [0.29, 0.717) is 11.7 Å². The average molecular weight is 212 g/mol. The number of rotatable bonds is 2. The number of nitrogens with zero attached hydrogens (tertiary/aromatic N) is 2. The van der Waals surface area contributed by atoms with E-state index in [1.54, 1.807) is 4.68 Å². The van der Waals surface area contributed by atoms with Gasteiger partial charge in [-0.2, -0.15) is 5.10 Å². The molecule has 0 bridgehead atoms. The molecule has 4 nitrogen and oxygen atoms in total. The van der Waals surface area contributed by atoms with E-state index in [1.165, 1.54) is 0 Å². The minimum absolute atomic E-state index is 0.364. The highest BCUT2D eigenvalue weighted by Crippen LogP contribution is 2.25. The van der Waals surface area contributed by atoms with E-state index >= 15 is 0 Å². The highest BCUT2D eigenvalue weighted by Gasteiger charge is 2.09. The molecular weight excluding hydrogens is 202 g/mol. The van der Waals surface area contributed by atoms with Crippen LogP contribution in [0, 0.1) is 0 Å². The van der Waals surface area contributed by atoms with Gasteiger partial charge in [-0.05, 0) is 11.6 Å². The van der Waals surface area contributed by atoms with Crippen molar-refractivity contribution in [1.29, 1.82) is 0 Å². The van der Waals surface area contributed by atoms with Gasteiger partial charge in [-0.25, -0.2) is 5.48 Å². The Labute approximate surface area is 86.1 Å². The summed E-state index contributed by atoms with van der Waals surface area (Å²) in [5.41, 5.74) is 4.01. The molecule has 2 rings (SSSR count). The second-order valence-electron chi connectivity index (χ2n) is 3.06. The third-order valence-electron chi connectivity index (χ3n) is 2.19. The number of hydrogen-bond donors (Lipinski definition) is 2. The molecule has 0 saturated carbocycles. The van der Waals surface area contributed by atoms with Gasteiger partial charge >= 0.3 is 0 Å². The summed E-state index contributed by atoms with van der Waals surface area (Å²) in [6.45, 7) is 0.364. The molecular formula is C9H10ClN3O. The van der Waals surface area contributed by atoms with Crippen LogP contribution in [0.1, 0.15) is 5.56 Å². The zero-order valence-electron chi connectivity index (χ0n) is 7.66. The summed E-state index contributed by atoms with van der Waals surface area (Å²) in [5, 5.41) is 14.1.